The van der Waals surface area contributed by atoms with Gasteiger partial charge in [0.25, 0.3) is 0 Å². The fourth-order valence-corrected chi connectivity index (χ4v) is 3.14. The van der Waals surface area contributed by atoms with Crippen molar-refractivity contribution in [3.63, 3.8) is 0 Å². The van der Waals surface area contributed by atoms with Crippen LogP contribution in [0.15, 0.2) is 24.3 Å². The molecule has 23 heavy (non-hydrogen) atoms. The molecule has 0 spiro atoms. The molecule has 126 valence electrons. The number of benzene rings is 1. The zero-order chi connectivity index (χ0) is 16.1. The SMILES string of the molecule is Fc1c(OC/C=C/C2CCCC2)ccc(OCC2CCC2)c1F. The standard InChI is InChI=1S/C19H24F2O2/c20-18-16(22-12-4-9-14-5-1-2-6-14)10-11-17(19(18)21)23-13-15-7-3-8-15/h4,9-11,14-15H,1-3,5-8,12-13H2/b9-4+. The van der Waals surface area contributed by atoms with Gasteiger partial charge in [0.1, 0.15) is 6.61 Å². The molecule has 3 rings (SSSR count). The molecule has 0 unspecified atom stereocenters. The van der Waals surface area contributed by atoms with E-state index < -0.39 is 11.6 Å². The molecular formula is C19H24F2O2. The second-order valence-electron chi connectivity index (χ2n) is 6.58. The van der Waals surface area contributed by atoms with E-state index in [4.69, 9.17) is 9.47 Å². The van der Waals surface area contributed by atoms with Crippen molar-refractivity contribution in [2.45, 2.75) is 44.9 Å². The van der Waals surface area contributed by atoms with Gasteiger partial charge in [0.15, 0.2) is 11.5 Å². The van der Waals surface area contributed by atoms with E-state index in [0.29, 0.717) is 18.4 Å². The molecule has 1 aromatic rings. The van der Waals surface area contributed by atoms with E-state index in [0.717, 1.165) is 12.8 Å². The Morgan fingerprint density at radius 1 is 0.913 bits per heavy atom. The Morgan fingerprint density at radius 3 is 2.17 bits per heavy atom. The highest BCUT2D eigenvalue weighted by atomic mass is 19.2. The van der Waals surface area contributed by atoms with Gasteiger partial charge in [-0.25, -0.2) is 0 Å². The maximum absolute atomic E-state index is 14.0. The van der Waals surface area contributed by atoms with E-state index >= 15 is 0 Å². The third kappa shape index (κ3) is 4.24. The largest absolute Gasteiger partial charge is 0.490 e. The van der Waals surface area contributed by atoms with Crippen molar-refractivity contribution in [1.82, 2.24) is 0 Å². The van der Waals surface area contributed by atoms with Gasteiger partial charge in [-0.1, -0.05) is 31.4 Å². The lowest BCUT2D eigenvalue weighted by Gasteiger charge is -2.25. The Balaban J connectivity index is 1.51. The summed E-state index contributed by atoms with van der Waals surface area (Å²) in [6.45, 7) is 0.718. The van der Waals surface area contributed by atoms with Crippen LogP contribution in [0.3, 0.4) is 0 Å². The van der Waals surface area contributed by atoms with Gasteiger partial charge in [0.2, 0.25) is 11.6 Å². The van der Waals surface area contributed by atoms with Gasteiger partial charge in [-0.15, -0.1) is 0 Å². The minimum atomic E-state index is -0.967. The Bertz CT molecular complexity index is 547. The molecular weight excluding hydrogens is 298 g/mol. The summed E-state index contributed by atoms with van der Waals surface area (Å²) in [6, 6.07) is 2.89. The van der Waals surface area contributed by atoms with Crippen molar-refractivity contribution in [2.24, 2.45) is 11.8 Å². The topological polar surface area (TPSA) is 18.5 Å². The summed E-state index contributed by atoms with van der Waals surface area (Å²) in [5.41, 5.74) is 0. The summed E-state index contributed by atoms with van der Waals surface area (Å²) < 4.78 is 38.7. The van der Waals surface area contributed by atoms with Gasteiger partial charge in [-0.2, -0.15) is 8.78 Å². The molecule has 0 atom stereocenters. The Morgan fingerprint density at radius 2 is 1.57 bits per heavy atom. The van der Waals surface area contributed by atoms with Crippen LogP contribution >= 0.6 is 0 Å². The van der Waals surface area contributed by atoms with Crippen molar-refractivity contribution in [3.8, 4) is 11.5 Å². The molecule has 0 aliphatic heterocycles. The Kier molecular flexibility index (Phi) is 5.52. The van der Waals surface area contributed by atoms with Gasteiger partial charge < -0.3 is 9.47 Å². The molecule has 0 saturated heterocycles. The molecule has 0 aromatic heterocycles. The summed E-state index contributed by atoms with van der Waals surface area (Å²) in [6.07, 6.45) is 12.4. The molecule has 0 N–H and O–H groups in total. The maximum Gasteiger partial charge on any atom is 0.204 e. The average Bonchev–Trinajstić information content (AvgIpc) is 3.01. The molecule has 0 bridgehead atoms. The van der Waals surface area contributed by atoms with Crippen LogP contribution < -0.4 is 9.47 Å². The highest BCUT2D eigenvalue weighted by Crippen LogP contribution is 2.31. The van der Waals surface area contributed by atoms with Crippen LogP contribution in [0.25, 0.3) is 0 Å². The summed E-state index contributed by atoms with van der Waals surface area (Å²) >= 11 is 0. The van der Waals surface area contributed by atoms with Crippen LogP contribution in [0.5, 0.6) is 11.5 Å². The third-order valence-corrected chi connectivity index (χ3v) is 4.85. The predicted octanol–water partition coefficient (Wildman–Crippen LogP) is 5.27. The van der Waals surface area contributed by atoms with Crippen LogP contribution in [0, 0.1) is 23.5 Å². The van der Waals surface area contributed by atoms with Gasteiger partial charge in [-0.3, -0.25) is 0 Å². The lowest BCUT2D eigenvalue weighted by molar-refractivity contribution is 0.173. The van der Waals surface area contributed by atoms with E-state index in [2.05, 4.69) is 6.08 Å². The van der Waals surface area contributed by atoms with Crippen LogP contribution in [-0.2, 0) is 0 Å². The predicted molar refractivity (Wildman–Crippen MR) is 85.8 cm³/mol. The quantitative estimate of drug-likeness (QED) is 0.637. The molecule has 2 aliphatic rings. The molecule has 4 heteroatoms. The van der Waals surface area contributed by atoms with Crippen molar-refractivity contribution in [3.05, 3.63) is 35.9 Å². The summed E-state index contributed by atoms with van der Waals surface area (Å²) in [5.74, 6) is -0.915. The van der Waals surface area contributed by atoms with Crippen molar-refractivity contribution in [1.29, 1.82) is 0 Å². The second-order valence-corrected chi connectivity index (χ2v) is 6.58. The summed E-state index contributed by atoms with van der Waals surface area (Å²) in [4.78, 5) is 0. The number of halogens is 2. The van der Waals surface area contributed by atoms with E-state index in [1.165, 1.54) is 44.2 Å². The van der Waals surface area contributed by atoms with Gasteiger partial charge >= 0.3 is 0 Å². The van der Waals surface area contributed by atoms with Crippen molar-refractivity contribution >= 4 is 0 Å². The highest BCUT2D eigenvalue weighted by molar-refractivity contribution is 5.35. The lowest BCUT2D eigenvalue weighted by Crippen LogP contribution is -2.19. The van der Waals surface area contributed by atoms with E-state index in [1.54, 1.807) is 0 Å². The Hall–Kier alpha value is -1.58. The van der Waals surface area contributed by atoms with Crippen LogP contribution in [-0.4, -0.2) is 13.2 Å². The first-order valence-corrected chi connectivity index (χ1v) is 8.64. The molecule has 2 saturated carbocycles. The third-order valence-electron chi connectivity index (χ3n) is 4.85. The van der Waals surface area contributed by atoms with Gasteiger partial charge in [0.05, 0.1) is 6.61 Å². The maximum atomic E-state index is 14.0. The summed E-state index contributed by atoms with van der Waals surface area (Å²) in [5, 5.41) is 0. The smallest absolute Gasteiger partial charge is 0.204 e. The molecule has 0 radical (unpaired) electrons. The first kappa shape index (κ1) is 16.3. The number of rotatable bonds is 7. The number of hydrogen-bond acceptors (Lipinski definition) is 2. The lowest BCUT2D eigenvalue weighted by atomic mass is 9.86. The van der Waals surface area contributed by atoms with E-state index in [1.807, 2.05) is 6.08 Å². The van der Waals surface area contributed by atoms with Crippen LogP contribution in [0.1, 0.15) is 44.9 Å². The number of ether oxygens (including phenoxy) is 2. The normalized spacial score (nSPS) is 19.2. The van der Waals surface area contributed by atoms with Crippen LogP contribution in [0.4, 0.5) is 8.78 Å². The van der Waals surface area contributed by atoms with Gasteiger partial charge in [0, 0.05) is 0 Å². The average molecular weight is 322 g/mol. The van der Waals surface area contributed by atoms with E-state index in [9.17, 15) is 8.78 Å². The zero-order valence-corrected chi connectivity index (χ0v) is 13.4. The highest BCUT2D eigenvalue weighted by Gasteiger charge is 2.20. The first-order valence-electron chi connectivity index (χ1n) is 8.64. The second kappa shape index (κ2) is 7.80. The molecule has 0 heterocycles. The monoisotopic (exact) mass is 322 g/mol. The van der Waals surface area contributed by atoms with Crippen molar-refractivity contribution < 1.29 is 18.3 Å². The first-order chi connectivity index (χ1) is 11.2. The molecule has 1 aromatic carbocycles. The van der Waals surface area contributed by atoms with E-state index in [-0.39, 0.29) is 18.1 Å². The minimum Gasteiger partial charge on any atom is -0.490 e. The molecule has 2 aliphatic carbocycles. The molecule has 2 nitrogen and oxygen atoms in total. The zero-order valence-electron chi connectivity index (χ0n) is 13.4. The Labute approximate surface area is 136 Å². The van der Waals surface area contributed by atoms with Gasteiger partial charge in [-0.05, 0) is 49.7 Å². The van der Waals surface area contributed by atoms with Crippen LogP contribution in [0.2, 0.25) is 0 Å². The summed E-state index contributed by atoms with van der Waals surface area (Å²) in [7, 11) is 0. The molecule has 0 amide bonds. The van der Waals surface area contributed by atoms with Crippen molar-refractivity contribution in [2.75, 3.05) is 13.2 Å². The fourth-order valence-electron chi connectivity index (χ4n) is 3.14. The molecule has 2 fully saturated rings. The number of hydrogen-bond donors (Lipinski definition) is 0. The number of allylic oxidation sites excluding steroid dienone is 1. The minimum absolute atomic E-state index is 0.0248. The fraction of sp³-hybridized carbons (Fsp3) is 0.579.